The monoisotopic (exact) mass is 260 g/mol. The standard InChI is InChI=1S/C15H24N4/c1-18-8-4-15(5-9-18)6-10-19(11-7-15)13-2-3-14(16)17-12-13/h2-3,12H,4-11H2,1H3,(H2,16,17). The van der Waals surface area contributed by atoms with E-state index in [0.29, 0.717) is 11.2 Å². The van der Waals surface area contributed by atoms with E-state index in [1.165, 1.54) is 44.5 Å². The van der Waals surface area contributed by atoms with Gasteiger partial charge in [0.1, 0.15) is 5.82 Å². The molecule has 2 N–H and O–H groups in total. The summed E-state index contributed by atoms with van der Waals surface area (Å²) in [4.78, 5) is 9.11. The summed E-state index contributed by atoms with van der Waals surface area (Å²) in [5.74, 6) is 0.604. The van der Waals surface area contributed by atoms with Crippen LogP contribution < -0.4 is 10.6 Å². The summed E-state index contributed by atoms with van der Waals surface area (Å²) in [6.07, 6.45) is 7.30. The molecule has 2 fully saturated rings. The quantitative estimate of drug-likeness (QED) is 0.838. The van der Waals surface area contributed by atoms with Crippen LogP contribution in [0.2, 0.25) is 0 Å². The highest BCUT2D eigenvalue weighted by atomic mass is 15.2. The van der Waals surface area contributed by atoms with Gasteiger partial charge in [-0.1, -0.05) is 0 Å². The minimum atomic E-state index is 0.604. The number of nitrogens with two attached hydrogens (primary N) is 1. The van der Waals surface area contributed by atoms with Crippen LogP contribution in [0.4, 0.5) is 11.5 Å². The van der Waals surface area contributed by atoms with E-state index in [1.54, 1.807) is 0 Å². The van der Waals surface area contributed by atoms with E-state index in [1.807, 2.05) is 12.3 Å². The molecule has 2 aliphatic rings. The lowest BCUT2D eigenvalue weighted by atomic mass is 9.71. The maximum absolute atomic E-state index is 5.65. The summed E-state index contributed by atoms with van der Waals surface area (Å²) in [6.45, 7) is 4.86. The van der Waals surface area contributed by atoms with E-state index >= 15 is 0 Å². The Balaban J connectivity index is 1.61. The van der Waals surface area contributed by atoms with Crippen molar-refractivity contribution in [3.05, 3.63) is 18.3 Å². The van der Waals surface area contributed by atoms with Crippen LogP contribution in [0.25, 0.3) is 0 Å². The normalized spacial score (nSPS) is 23.7. The molecule has 0 amide bonds. The van der Waals surface area contributed by atoms with E-state index in [4.69, 9.17) is 5.73 Å². The predicted molar refractivity (Wildman–Crippen MR) is 79.3 cm³/mol. The van der Waals surface area contributed by atoms with Crippen LogP contribution in [-0.2, 0) is 0 Å². The first-order chi connectivity index (χ1) is 9.17. The van der Waals surface area contributed by atoms with Crippen molar-refractivity contribution in [2.45, 2.75) is 25.7 Å². The van der Waals surface area contributed by atoms with Crippen molar-refractivity contribution in [2.24, 2.45) is 5.41 Å². The fourth-order valence-electron chi connectivity index (χ4n) is 3.42. The highest BCUT2D eigenvalue weighted by molar-refractivity contribution is 5.48. The predicted octanol–water partition coefficient (Wildman–Crippen LogP) is 1.98. The summed E-state index contributed by atoms with van der Waals surface area (Å²) < 4.78 is 0. The van der Waals surface area contributed by atoms with Gasteiger partial charge in [0.25, 0.3) is 0 Å². The van der Waals surface area contributed by atoms with Crippen LogP contribution in [-0.4, -0.2) is 43.1 Å². The van der Waals surface area contributed by atoms with Crippen molar-refractivity contribution in [1.82, 2.24) is 9.88 Å². The molecule has 2 aliphatic heterocycles. The van der Waals surface area contributed by atoms with Crippen LogP contribution in [0.15, 0.2) is 18.3 Å². The Morgan fingerprint density at radius 2 is 1.68 bits per heavy atom. The first-order valence-electron chi connectivity index (χ1n) is 7.32. The van der Waals surface area contributed by atoms with E-state index in [9.17, 15) is 0 Å². The Hall–Kier alpha value is -1.29. The van der Waals surface area contributed by atoms with Crippen molar-refractivity contribution < 1.29 is 0 Å². The lowest BCUT2D eigenvalue weighted by molar-refractivity contribution is 0.0945. The van der Waals surface area contributed by atoms with Crippen molar-refractivity contribution >= 4 is 11.5 Å². The van der Waals surface area contributed by atoms with Crippen LogP contribution >= 0.6 is 0 Å². The summed E-state index contributed by atoms with van der Waals surface area (Å²) >= 11 is 0. The van der Waals surface area contributed by atoms with Gasteiger partial charge in [0.05, 0.1) is 11.9 Å². The number of nitrogens with zero attached hydrogens (tertiary/aromatic N) is 3. The molecule has 1 aromatic rings. The van der Waals surface area contributed by atoms with Gasteiger partial charge in [-0.05, 0) is 63.4 Å². The van der Waals surface area contributed by atoms with Gasteiger partial charge in [-0.2, -0.15) is 0 Å². The average molecular weight is 260 g/mol. The summed E-state index contributed by atoms with van der Waals surface area (Å²) in [7, 11) is 2.24. The molecule has 0 radical (unpaired) electrons. The topological polar surface area (TPSA) is 45.4 Å². The van der Waals surface area contributed by atoms with Crippen LogP contribution in [0.1, 0.15) is 25.7 Å². The van der Waals surface area contributed by atoms with E-state index in [2.05, 4.69) is 27.9 Å². The molecule has 1 aromatic heterocycles. The lowest BCUT2D eigenvalue weighted by Crippen LogP contribution is -2.46. The molecule has 0 aromatic carbocycles. The molecule has 4 heteroatoms. The number of anilines is 2. The third-order valence-electron chi connectivity index (χ3n) is 5.01. The molecule has 1 spiro atoms. The highest BCUT2D eigenvalue weighted by Gasteiger charge is 2.36. The molecule has 4 nitrogen and oxygen atoms in total. The van der Waals surface area contributed by atoms with E-state index in [0.717, 1.165) is 13.1 Å². The molecule has 0 saturated carbocycles. The Labute approximate surface area is 115 Å². The number of pyridine rings is 1. The largest absolute Gasteiger partial charge is 0.384 e. The first-order valence-corrected chi connectivity index (χ1v) is 7.32. The summed E-state index contributed by atoms with van der Waals surface area (Å²) in [5.41, 5.74) is 7.48. The SMILES string of the molecule is CN1CCC2(CC1)CCN(c1ccc(N)nc1)CC2. The Bertz CT molecular complexity index is 410. The second-order valence-electron chi connectivity index (χ2n) is 6.23. The molecule has 2 saturated heterocycles. The van der Waals surface area contributed by atoms with Gasteiger partial charge in [0, 0.05) is 13.1 Å². The average Bonchev–Trinajstić information content (AvgIpc) is 2.44. The molecule has 3 rings (SSSR count). The molecule has 19 heavy (non-hydrogen) atoms. The molecular weight excluding hydrogens is 236 g/mol. The molecule has 104 valence electrons. The van der Waals surface area contributed by atoms with E-state index < -0.39 is 0 Å². The van der Waals surface area contributed by atoms with Gasteiger partial charge in [-0.3, -0.25) is 0 Å². The van der Waals surface area contributed by atoms with Crippen LogP contribution in [0.5, 0.6) is 0 Å². The number of aromatic nitrogens is 1. The zero-order valence-corrected chi connectivity index (χ0v) is 11.8. The summed E-state index contributed by atoms with van der Waals surface area (Å²) in [5, 5.41) is 0. The molecule has 0 atom stereocenters. The van der Waals surface area contributed by atoms with Crippen LogP contribution in [0, 0.1) is 5.41 Å². The second kappa shape index (κ2) is 5.00. The van der Waals surface area contributed by atoms with Crippen molar-refractivity contribution in [3.8, 4) is 0 Å². The Kier molecular flexibility index (Phi) is 3.35. The molecule has 3 heterocycles. The zero-order valence-electron chi connectivity index (χ0n) is 11.8. The molecule has 0 unspecified atom stereocenters. The molecular formula is C15H24N4. The number of hydrogen-bond donors (Lipinski definition) is 1. The van der Waals surface area contributed by atoms with Crippen molar-refractivity contribution in [1.29, 1.82) is 0 Å². The van der Waals surface area contributed by atoms with Gasteiger partial charge < -0.3 is 15.5 Å². The molecule has 0 aliphatic carbocycles. The number of likely N-dealkylation sites (tertiary alicyclic amines) is 1. The summed E-state index contributed by atoms with van der Waals surface area (Å²) in [6, 6.07) is 3.99. The third-order valence-corrected chi connectivity index (χ3v) is 5.01. The number of nitrogen functional groups attached to an aromatic ring is 1. The van der Waals surface area contributed by atoms with Gasteiger partial charge >= 0.3 is 0 Å². The fraction of sp³-hybridized carbons (Fsp3) is 0.667. The second-order valence-corrected chi connectivity index (χ2v) is 6.23. The molecule has 0 bridgehead atoms. The Morgan fingerprint density at radius 3 is 2.26 bits per heavy atom. The fourth-order valence-corrected chi connectivity index (χ4v) is 3.42. The van der Waals surface area contributed by atoms with Gasteiger partial charge in [0.15, 0.2) is 0 Å². The van der Waals surface area contributed by atoms with Crippen LogP contribution in [0.3, 0.4) is 0 Å². The van der Waals surface area contributed by atoms with Crippen molar-refractivity contribution in [2.75, 3.05) is 43.9 Å². The Morgan fingerprint density at radius 1 is 1.05 bits per heavy atom. The maximum Gasteiger partial charge on any atom is 0.123 e. The van der Waals surface area contributed by atoms with E-state index in [-0.39, 0.29) is 0 Å². The highest BCUT2D eigenvalue weighted by Crippen LogP contribution is 2.41. The van der Waals surface area contributed by atoms with Gasteiger partial charge in [-0.15, -0.1) is 0 Å². The minimum Gasteiger partial charge on any atom is -0.384 e. The van der Waals surface area contributed by atoms with Crippen molar-refractivity contribution in [3.63, 3.8) is 0 Å². The van der Waals surface area contributed by atoms with Gasteiger partial charge in [0.2, 0.25) is 0 Å². The number of piperidine rings is 2. The maximum atomic E-state index is 5.65. The van der Waals surface area contributed by atoms with Gasteiger partial charge in [-0.25, -0.2) is 4.98 Å². The number of rotatable bonds is 1. The minimum absolute atomic E-state index is 0.604. The zero-order chi connectivity index (χ0) is 13.3. The third kappa shape index (κ3) is 2.68. The number of hydrogen-bond acceptors (Lipinski definition) is 4. The lowest BCUT2D eigenvalue weighted by Gasteiger charge is -2.46. The smallest absolute Gasteiger partial charge is 0.123 e. The first kappa shape index (κ1) is 12.7.